The van der Waals surface area contributed by atoms with Crippen LogP contribution in [0.25, 0.3) is 17.7 Å². The molecule has 3 N–H and O–H groups in total. The number of pyridine rings is 1. The zero-order valence-electron chi connectivity index (χ0n) is 22.1. The molecule has 0 saturated carbocycles. The third kappa shape index (κ3) is 8.84. The van der Waals surface area contributed by atoms with Crippen LogP contribution >= 0.6 is 11.6 Å². The minimum Gasteiger partial charge on any atom is -0.392 e. The van der Waals surface area contributed by atoms with E-state index < -0.39 is 24.2 Å². The molecule has 0 unspecified atom stereocenters. The number of hydrogen-bond acceptors (Lipinski definition) is 6. The zero-order valence-corrected chi connectivity index (χ0v) is 22.8. The molecule has 1 aromatic carbocycles. The van der Waals surface area contributed by atoms with Crippen molar-refractivity contribution in [3.05, 3.63) is 86.5 Å². The van der Waals surface area contributed by atoms with E-state index in [0.29, 0.717) is 50.0 Å². The second-order valence-electron chi connectivity index (χ2n) is 8.90. The summed E-state index contributed by atoms with van der Waals surface area (Å²) in [7, 11) is 0. The molecule has 0 aliphatic carbocycles. The smallest absolute Gasteiger partial charge is 0.229 e. The largest absolute Gasteiger partial charge is 0.392 e. The van der Waals surface area contributed by atoms with Gasteiger partial charge in [-0.15, -0.1) is 0 Å². The number of anilines is 1. The first-order chi connectivity index (χ1) is 18.5. The van der Waals surface area contributed by atoms with Crippen LogP contribution in [-0.4, -0.2) is 32.1 Å². The van der Waals surface area contributed by atoms with E-state index in [1.807, 2.05) is 13.0 Å². The maximum absolute atomic E-state index is 15.3. The fraction of sp³-hybridized carbons (Fsp3) is 0.321. The first-order valence-corrected chi connectivity index (χ1v) is 12.4. The molecule has 210 valence electrons. The molecule has 0 bridgehead atoms. The molecule has 0 atom stereocenters. The molecule has 2 aromatic heterocycles. The number of allylic oxidation sites excluding steroid dienone is 2. The lowest BCUT2D eigenvalue weighted by Crippen LogP contribution is -2.31. The predicted molar refractivity (Wildman–Crippen MR) is 145 cm³/mol. The van der Waals surface area contributed by atoms with Gasteiger partial charge >= 0.3 is 0 Å². The average molecular weight is 567 g/mol. The molecule has 0 aliphatic rings. The first-order valence-electron chi connectivity index (χ1n) is 12.0. The van der Waals surface area contributed by atoms with Crippen molar-refractivity contribution in [2.45, 2.75) is 52.9 Å². The van der Waals surface area contributed by atoms with Crippen molar-refractivity contribution in [3.63, 3.8) is 0 Å². The van der Waals surface area contributed by atoms with Crippen LogP contribution in [0, 0.1) is 5.82 Å². The van der Waals surface area contributed by atoms with E-state index in [-0.39, 0.29) is 19.0 Å². The summed E-state index contributed by atoms with van der Waals surface area (Å²) in [4.78, 5) is 12.6. The monoisotopic (exact) mass is 566 g/mol. The van der Waals surface area contributed by atoms with Crippen LogP contribution in [0.4, 0.5) is 23.2 Å². The summed E-state index contributed by atoms with van der Waals surface area (Å²) in [6, 6.07) is 4.39. The number of aliphatic hydroxyl groups excluding tert-OH is 1. The molecule has 6 nitrogen and oxygen atoms in total. The van der Waals surface area contributed by atoms with E-state index in [1.165, 1.54) is 36.8 Å². The van der Waals surface area contributed by atoms with Gasteiger partial charge in [-0.1, -0.05) is 30.7 Å². The van der Waals surface area contributed by atoms with Gasteiger partial charge in [0.15, 0.2) is 5.82 Å². The van der Waals surface area contributed by atoms with Crippen LogP contribution in [-0.2, 0) is 18.8 Å². The van der Waals surface area contributed by atoms with Crippen LogP contribution in [0.2, 0.25) is 5.02 Å². The summed E-state index contributed by atoms with van der Waals surface area (Å²) in [6.07, 6.45) is 8.11. The van der Waals surface area contributed by atoms with Gasteiger partial charge in [-0.05, 0) is 50.5 Å². The normalized spacial score (nSPS) is 13.1. The topological polar surface area (TPSA) is 91.2 Å². The van der Waals surface area contributed by atoms with Crippen molar-refractivity contribution in [3.8, 4) is 0 Å². The Kier molecular flexibility index (Phi) is 12.0. The average Bonchev–Trinajstić information content (AvgIpc) is 2.90. The maximum Gasteiger partial charge on any atom is 0.229 e. The standard InChI is InChI=1S/C27H29ClF2N4O2.CH2F2/c1-5-6-20-24(10-23(30)16(2)19-12-33-26(34-13-19)27(3,4)36)31-14-21(28)25(20)32-11-18-9-17(15-35)7-8-22(18)29;2-1-3/h6-10,12-14,32,35-36H,5,11,15H2,1-4H3;1H2/b20-6-,23-16-,24-10+;. The molecule has 3 rings (SSSR count). The highest BCUT2D eigenvalue weighted by molar-refractivity contribution is 6.33. The van der Waals surface area contributed by atoms with Crippen LogP contribution in [0.15, 0.2) is 42.6 Å². The molecule has 0 saturated heterocycles. The SMILES string of the molecule is CC\C=c1/c(NCc2cc(CO)ccc2F)c(Cl)cn/c1=C/C(F)=C(\C)c1cnc(C(C)(C)O)nc1.FCF. The van der Waals surface area contributed by atoms with Crippen LogP contribution in [0.1, 0.15) is 56.6 Å². The number of benzene rings is 1. The minimum atomic E-state index is -1.75. The molecule has 0 aliphatic heterocycles. The Morgan fingerprint density at radius 1 is 1.13 bits per heavy atom. The highest BCUT2D eigenvalue weighted by Crippen LogP contribution is 2.22. The number of rotatable bonds is 8. The second kappa shape index (κ2) is 14.7. The number of halogens is 5. The lowest BCUT2D eigenvalue weighted by Gasteiger charge is -2.15. The Morgan fingerprint density at radius 3 is 2.33 bits per heavy atom. The van der Waals surface area contributed by atoms with Crippen molar-refractivity contribution >= 4 is 35.0 Å². The predicted octanol–water partition coefficient (Wildman–Crippen LogP) is 5.25. The number of nitrogens with zero attached hydrogens (tertiary/aromatic N) is 3. The summed E-state index contributed by atoms with van der Waals surface area (Å²) in [6.45, 7) is 4.82. The molecular formula is C28H31ClF4N4O2. The Balaban J connectivity index is 0.00000170. The molecule has 39 heavy (non-hydrogen) atoms. The zero-order chi connectivity index (χ0) is 29.2. The van der Waals surface area contributed by atoms with Crippen molar-refractivity contribution in [1.82, 2.24) is 15.0 Å². The van der Waals surface area contributed by atoms with Gasteiger partial charge in [0, 0.05) is 47.6 Å². The Bertz CT molecular complexity index is 1410. The quantitative estimate of drug-likeness (QED) is 0.323. The van der Waals surface area contributed by atoms with E-state index in [2.05, 4.69) is 20.3 Å². The summed E-state index contributed by atoms with van der Waals surface area (Å²) >= 11 is 6.41. The molecule has 0 radical (unpaired) electrons. The summed E-state index contributed by atoms with van der Waals surface area (Å²) in [5.74, 6) is -0.720. The number of alkyl halides is 2. The molecule has 11 heteroatoms. The van der Waals surface area contributed by atoms with Gasteiger partial charge in [0.25, 0.3) is 0 Å². The fourth-order valence-electron chi connectivity index (χ4n) is 3.47. The van der Waals surface area contributed by atoms with Gasteiger partial charge in [0.05, 0.1) is 22.7 Å². The van der Waals surface area contributed by atoms with Crippen LogP contribution in [0.5, 0.6) is 0 Å². The number of aliphatic hydroxyl groups is 2. The van der Waals surface area contributed by atoms with E-state index in [0.717, 1.165) is 0 Å². The molecule has 0 amide bonds. The maximum atomic E-state index is 15.3. The van der Waals surface area contributed by atoms with Gasteiger partial charge in [-0.3, -0.25) is 4.98 Å². The third-order valence-corrected chi connectivity index (χ3v) is 5.80. The number of hydrogen-bond donors (Lipinski definition) is 3. The number of nitrogens with one attached hydrogen (secondary N) is 1. The summed E-state index contributed by atoms with van der Waals surface area (Å²) in [5.41, 5.74) is 1.00. The molecular weight excluding hydrogens is 536 g/mol. The van der Waals surface area contributed by atoms with E-state index >= 15 is 4.39 Å². The van der Waals surface area contributed by atoms with Gasteiger partial charge in [0.2, 0.25) is 6.93 Å². The van der Waals surface area contributed by atoms with Gasteiger partial charge in [0.1, 0.15) is 17.2 Å². The number of aromatic nitrogens is 3. The van der Waals surface area contributed by atoms with E-state index in [4.69, 9.17) is 11.6 Å². The molecule has 2 heterocycles. The second-order valence-corrected chi connectivity index (χ2v) is 9.31. The minimum absolute atomic E-state index is 0.107. The van der Waals surface area contributed by atoms with Gasteiger partial charge in [-0.25, -0.2) is 27.5 Å². The van der Waals surface area contributed by atoms with Crippen molar-refractivity contribution in [1.29, 1.82) is 0 Å². The molecule has 0 spiro atoms. The van der Waals surface area contributed by atoms with Gasteiger partial charge < -0.3 is 15.5 Å². The van der Waals surface area contributed by atoms with Crippen LogP contribution in [0.3, 0.4) is 0 Å². The lowest BCUT2D eigenvalue weighted by atomic mass is 10.1. The van der Waals surface area contributed by atoms with Crippen molar-refractivity contribution in [2.24, 2.45) is 0 Å². The molecule has 3 aromatic rings. The van der Waals surface area contributed by atoms with Crippen LogP contribution < -0.4 is 15.9 Å². The van der Waals surface area contributed by atoms with Crippen molar-refractivity contribution < 1.29 is 27.8 Å². The highest BCUT2D eigenvalue weighted by Gasteiger charge is 2.19. The molecule has 0 fully saturated rings. The van der Waals surface area contributed by atoms with Gasteiger partial charge in [-0.2, -0.15) is 0 Å². The fourth-order valence-corrected chi connectivity index (χ4v) is 3.69. The van der Waals surface area contributed by atoms with Crippen molar-refractivity contribution in [2.75, 3.05) is 12.2 Å². The third-order valence-electron chi connectivity index (χ3n) is 5.51. The Hall–Kier alpha value is -3.34. The summed E-state index contributed by atoms with van der Waals surface area (Å²) in [5, 5.41) is 23.8. The van der Waals surface area contributed by atoms with E-state index in [1.54, 1.807) is 26.8 Å². The Labute approximate surface area is 229 Å². The first kappa shape index (κ1) is 31.9. The van der Waals surface area contributed by atoms with E-state index in [9.17, 15) is 23.4 Å². The highest BCUT2D eigenvalue weighted by atomic mass is 35.5. The Morgan fingerprint density at radius 2 is 1.77 bits per heavy atom. The summed E-state index contributed by atoms with van der Waals surface area (Å²) < 4.78 is 48.8. The lowest BCUT2D eigenvalue weighted by molar-refractivity contribution is 0.0686.